The van der Waals surface area contributed by atoms with Crippen LogP contribution < -0.4 is 10.1 Å². The second kappa shape index (κ2) is 8.46. The van der Waals surface area contributed by atoms with E-state index in [0.29, 0.717) is 18.9 Å². The molecule has 152 valence electrons. The molecule has 0 atom stereocenters. The maximum Gasteiger partial charge on any atom is 0.244 e. The van der Waals surface area contributed by atoms with Crippen molar-refractivity contribution in [1.82, 2.24) is 5.32 Å². The SMILES string of the molecule is CCNC(=O)/C=C(\C)c1cc2c(-c3cccc4ccccc34)coc2cc1OCC. The summed E-state index contributed by atoms with van der Waals surface area (Å²) in [5, 5.41) is 6.16. The Kier molecular flexibility index (Phi) is 5.57. The summed E-state index contributed by atoms with van der Waals surface area (Å²) in [5.74, 6) is 0.598. The Morgan fingerprint density at radius 1 is 1.03 bits per heavy atom. The number of allylic oxidation sites excluding steroid dienone is 1. The summed E-state index contributed by atoms with van der Waals surface area (Å²) in [6.07, 6.45) is 3.42. The third kappa shape index (κ3) is 3.69. The molecular formula is C26H25NO3. The van der Waals surface area contributed by atoms with Crippen molar-refractivity contribution in [2.45, 2.75) is 20.8 Å². The Hall–Kier alpha value is -3.53. The van der Waals surface area contributed by atoms with Gasteiger partial charge >= 0.3 is 0 Å². The Labute approximate surface area is 176 Å². The number of carbonyl (C=O) groups is 1. The van der Waals surface area contributed by atoms with Gasteiger partial charge in [-0.15, -0.1) is 0 Å². The molecule has 0 saturated heterocycles. The van der Waals surface area contributed by atoms with Crippen LogP contribution >= 0.6 is 0 Å². The van der Waals surface area contributed by atoms with Gasteiger partial charge in [-0.05, 0) is 48.7 Å². The molecule has 0 fully saturated rings. The molecule has 1 heterocycles. The number of amides is 1. The van der Waals surface area contributed by atoms with Crippen LogP contribution in [-0.2, 0) is 4.79 Å². The van der Waals surface area contributed by atoms with Crippen LogP contribution in [0.15, 0.2) is 71.4 Å². The largest absolute Gasteiger partial charge is 0.493 e. The van der Waals surface area contributed by atoms with E-state index in [2.05, 4.69) is 41.7 Å². The molecular weight excluding hydrogens is 374 g/mol. The zero-order chi connectivity index (χ0) is 21.1. The van der Waals surface area contributed by atoms with Crippen LogP contribution in [0, 0.1) is 0 Å². The zero-order valence-electron chi connectivity index (χ0n) is 17.5. The molecule has 3 aromatic carbocycles. The van der Waals surface area contributed by atoms with Crippen LogP contribution in [-0.4, -0.2) is 19.1 Å². The van der Waals surface area contributed by atoms with E-state index in [1.54, 1.807) is 12.3 Å². The molecule has 1 aromatic heterocycles. The number of hydrogen-bond donors (Lipinski definition) is 1. The molecule has 0 unspecified atom stereocenters. The topological polar surface area (TPSA) is 51.5 Å². The maximum atomic E-state index is 12.1. The fraction of sp³-hybridized carbons (Fsp3) is 0.192. The quantitative estimate of drug-likeness (QED) is 0.393. The van der Waals surface area contributed by atoms with Gasteiger partial charge in [-0.2, -0.15) is 0 Å². The lowest BCUT2D eigenvalue weighted by molar-refractivity contribution is -0.116. The third-order valence-electron chi connectivity index (χ3n) is 5.18. The molecule has 0 aliphatic carbocycles. The van der Waals surface area contributed by atoms with E-state index in [1.807, 2.05) is 39.0 Å². The van der Waals surface area contributed by atoms with Crippen molar-refractivity contribution in [1.29, 1.82) is 0 Å². The van der Waals surface area contributed by atoms with Crippen molar-refractivity contribution in [3.63, 3.8) is 0 Å². The Morgan fingerprint density at radius 2 is 1.83 bits per heavy atom. The van der Waals surface area contributed by atoms with Gasteiger partial charge in [0.1, 0.15) is 11.3 Å². The van der Waals surface area contributed by atoms with Crippen molar-refractivity contribution in [3.05, 3.63) is 72.5 Å². The predicted molar refractivity (Wildman–Crippen MR) is 123 cm³/mol. The molecule has 30 heavy (non-hydrogen) atoms. The minimum absolute atomic E-state index is 0.112. The van der Waals surface area contributed by atoms with Crippen molar-refractivity contribution in [2.75, 3.05) is 13.2 Å². The second-order valence-corrected chi connectivity index (χ2v) is 7.18. The smallest absolute Gasteiger partial charge is 0.244 e. The van der Waals surface area contributed by atoms with Gasteiger partial charge in [-0.1, -0.05) is 42.5 Å². The van der Waals surface area contributed by atoms with E-state index in [4.69, 9.17) is 9.15 Å². The Morgan fingerprint density at radius 3 is 2.63 bits per heavy atom. The number of nitrogens with one attached hydrogen (secondary N) is 1. The zero-order valence-corrected chi connectivity index (χ0v) is 17.5. The molecule has 4 aromatic rings. The number of benzene rings is 3. The highest BCUT2D eigenvalue weighted by Crippen LogP contribution is 2.39. The first-order chi connectivity index (χ1) is 14.6. The molecule has 0 radical (unpaired) electrons. The van der Waals surface area contributed by atoms with E-state index in [9.17, 15) is 4.79 Å². The van der Waals surface area contributed by atoms with Gasteiger partial charge < -0.3 is 14.5 Å². The van der Waals surface area contributed by atoms with Crippen molar-refractivity contribution < 1.29 is 13.9 Å². The first-order valence-corrected chi connectivity index (χ1v) is 10.2. The first kappa shape index (κ1) is 19.8. The molecule has 0 aliphatic heterocycles. The summed E-state index contributed by atoms with van der Waals surface area (Å²) in [6.45, 7) is 6.90. The summed E-state index contributed by atoms with van der Waals surface area (Å²) in [6, 6.07) is 18.6. The first-order valence-electron chi connectivity index (χ1n) is 10.2. The van der Waals surface area contributed by atoms with E-state index in [0.717, 1.165) is 33.2 Å². The van der Waals surface area contributed by atoms with Gasteiger partial charge in [0.25, 0.3) is 0 Å². The monoisotopic (exact) mass is 399 g/mol. The average Bonchev–Trinajstić information content (AvgIpc) is 3.15. The number of fused-ring (bicyclic) bond motifs is 2. The summed E-state index contributed by atoms with van der Waals surface area (Å²) in [5.41, 5.74) is 4.63. The van der Waals surface area contributed by atoms with Crippen molar-refractivity contribution in [2.24, 2.45) is 0 Å². The highest BCUT2D eigenvalue weighted by Gasteiger charge is 2.16. The average molecular weight is 399 g/mol. The van der Waals surface area contributed by atoms with E-state index in [1.165, 1.54) is 10.8 Å². The van der Waals surface area contributed by atoms with Crippen LogP contribution in [0.2, 0.25) is 0 Å². The summed E-state index contributed by atoms with van der Waals surface area (Å²) in [4.78, 5) is 12.1. The Bertz CT molecular complexity index is 1240. The summed E-state index contributed by atoms with van der Waals surface area (Å²) < 4.78 is 11.8. The number of rotatable bonds is 6. The molecule has 0 saturated carbocycles. The lowest BCUT2D eigenvalue weighted by atomic mass is 9.96. The number of furan rings is 1. The normalized spacial score (nSPS) is 11.8. The van der Waals surface area contributed by atoms with Gasteiger partial charge in [-0.3, -0.25) is 4.79 Å². The fourth-order valence-electron chi connectivity index (χ4n) is 3.81. The number of ether oxygens (including phenoxy) is 1. The van der Waals surface area contributed by atoms with Crippen LogP contribution in [0.5, 0.6) is 5.75 Å². The summed E-state index contributed by atoms with van der Waals surface area (Å²) in [7, 11) is 0. The molecule has 4 heteroatoms. The van der Waals surface area contributed by atoms with Gasteiger partial charge in [-0.25, -0.2) is 0 Å². The van der Waals surface area contributed by atoms with Gasteiger partial charge in [0, 0.05) is 35.2 Å². The van der Waals surface area contributed by atoms with Crippen molar-refractivity contribution in [3.8, 4) is 16.9 Å². The van der Waals surface area contributed by atoms with Gasteiger partial charge in [0.15, 0.2) is 0 Å². The third-order valence-corrected chi connectivity index (χ3v) is 5.18. The minimum Gasteiger partial charge on any atom is -0.493 e. The van der Waals surface area contributed by atoms with Crippen LogP contribution in [0.1, 0.15) is 26.3 Å². The van der Waals surface area contributed by atoms with Crippen molar-refractivity contribution >= 4 is 33.2 Å². The summed E-state index contributed by atoms with van der Waals surface area (Å²) >= 11 is 0. The molecule has 0 spiro atoms. The van der Waals surface area contributed by atoms with Crippen LogP contribution in [0.3, 0.4) is 0 Å². The minimum atomic E-state index is -0.112. The van der Waals surface area contributed by atoms with Crippen LogP contribution in [0.25, 0.3) is 38.4 Å². The number of hydrogen-bond acceptors (Lipinski definition) is 3. The molecule has 4 rings (SSSR count). The maximum absolute atomic E-state index is 12.1. The molecule has 0 bridgehead atoms. The molecule has 1 N–H and O–H groups in total. The van der Waals surface area contributed by atoms with Crippen LogP contribution in [0.4, 0.5) is 0 Å². The Balaban J connectivity index is 1.91. The lowest BCUT2D eigenvalue weighted by Gasteiger charge is -2.12. The molecule has 1 amide bonds. The second-order valence-electron chi connectivity index (χ2n) is 7.18. The fourth-order valence-corrected chi connectivity index (χ4v) is 3.81. The van der Waals surface area contributed by atoms with E-state index in [-0.39, 0.29) is 5.91 Å². The number of likely N-dealkylation sites (N-methyl/N-ethyl adjacent to an activating group) is 1. The standard InChI is InChI=1S/C26H25NO3/c1-4-27-26(28)13-17(3)21-14-22-23(16-30-25(22)15-24(21)29-5-2)20-12-8-10-18-9-6-7-11-19(18)20/h6-16H,4-5H2,1-3H3,(H,27,28)/b17-13+. The molecule has 4 nitrogen and oxygen atoms in total. The van der Waals surface area contributed by atoms with Gasteiger partial charge in [0.05, 0.1) is 12.9 Å². The highest BCUT2D eigenvalue weighted by molar-refractivity contribution is 6.06. The number of carbonyl (C=O) groups excluding carboxylic acids is 1. The molecule has 0 aliphatic rings. The predicted octanol–water partition coefficient (Wildman–Crippen LogP) is 6.19. The van der Waals surface area contributed by atoms with E-state index >= 15 is 0 Å². The van der Waals surface area contributed by atoms with Gasteiger partial charge in [0.2, 0.25) is 5.91 Å². The highest BCUT2D eigenvalue weighted by atomic mass is 16.5. The van der Waals surface area contributed by atoms with E-state index < -0.39 is 0 Å². The lowest BCUT2D eigenvalue weighted by Crippen LogP contribution is -2.20.